The highest BCUT2D eigenvalue weighted by Gasteiger charge is 2.46. The number of likely N-dealkylation sites (N-methyl/N-ethyl adjacent to an activating group) is 1. The fourth-order valence-corrected chi connectivity index (χ4v) is 3.56. The van der Waals surface area contributed by atoms with Gasteiger partial charge in [-0.1, -0.05) is 26.0 Å². The third kappa shape index (κ3) is 4.76. The Kier molecular flexibility index (Phi) is 6.86. The maximum absolute atomic E-state index is 12.9. The number of nitrogens with zero attached hydrogens (tertiary/aromatic N) is 3. The van der Waals surface area contributed by atoms with Gasteiger partial charge in [0.05, 0.1) is 13.7 Å². The molecule has 0 spiro atoms. The van der Waals surface area contributed by atoms with Crippen molar-refractivity contribution in [3.8, 4) is 5.75 Å². The lowest BCUT2D eigenvalue weighted by Crippen LogP contribution is -2.62. The van der Waals surface area contributed by atoms with E-state index in [1.54, 1.807) is 21.1 Å². The van der Waals surface area contributed by atoms with Gasteiger partial charge in [-0.3, -0.25) is 19.1 Å². The molecule has 172 valence electrons. The number of rotatable bonds is 8. The number of benzene rings is 1. The summed E-state index contributed by atoms with van der Waals surface area (Å²) in [5.74, 6) is 0.183. The minimum atomic E-state index is -1.10. The van der Waals surface area contributed by atoms with Crippen LogP contribution in [-0.4, -0.2) is 58.6 Å². The minimum Gasteiger partial charge on any atom is -0.497 e. The molecule has 2 N–H and O–H groups in total. The van der Waals surface area contributed by atoms with E-state index in [0.29, 0.717) is 24.8 Å². The Morgan fingerprint density at radius 3 is 2.69 bits per heavy atom. The summed E-state index contributed by atoms with van der Waals surface area (Å²) in [5, 5.41) is 10.0. The normalized spacial score (nSPS) is 17.8. The lowest BCUT2D eigenvalue weighted by atomic mass is 9.95. The largest absolute Gasteiger partial charge is 0.497 e. The topological polar surface area (TPSA) is 106 Å². The first-order chi connectivity index (χ1) is 15.2. The summed E-state index contributed by atoms with van der Waals surface area (Å²) < 4.78 is 6.64. The molecule has 2 heterocycles. The molecule has 3 amide bonds. The predicted molar refractivity (Wildman–Crippen MR) is 119 cm³/mol. The Balaban J connectivity index is 1.72. The zero-order valence-corrected chi connectivity index (χ0v) is 19.3. The molecule has 32 heavy (non-hydrogen) atoms. The van der Waals surface area contributed by atoms with Gasteiger partial charge in [0.2, 0.25) is 5.91 Å². The number of amides is 3. The smallest absolute Gasteiger partial charge is 0.272 e. The van der Waals surface area contributed by atoms with Crippen LogP contribution in [-0.2, 0) is 17.9 Å². The van der Waals surface area contributed by atoms with Gasteiger partial charge in [-0.25, -0.2) is 0 Å². The van der Waals surface area contributed by atoms with Crippen LogP contribution in [0.15, 0.2) is 30.3 Å². The third-order valence-electron chi connectivity index (χ3n) is 5.82. The summed E-state index contributed by atoms with van der Waals surface area (Å²) >= 11 is 0. The van der Waals surface area contributed by atoms with E-state index in [-0.39, 0.29) is 29.7 Å². The van der Waals surface area contributed by atoms with Crippen LogP contribution in [0.25, 0.3) is 0 Å². The van der Waals surface area contributed by atoms with Crippen LogP contribution < -0.4 is 15.4 Å². The Hall–Kier alpha value is -3.36. The molecule has 0 saturated carbocycles. The number of nitrogens with one attached hydrogen (secondary N) is 2. The van der Waals surface area contributed by atoms with Crippen molar-refractivity contribution in [2.24, 2.45) is 5.92 Å². The number of carbonyl (C=O) groups is 3. The fourth-order valence-electron chi connectivity index (χ4n) is 3.56. The molecule has 0 fully saturated rings. The molecule has 1 atom stereocenters. The van der Waals surface area contributed by atoms with Crippen LogP contribution in [0.5, 0.6) is 5.75 Å². The second-order valence-corrected chi connectivity index (χ2v) is 8.68. The molecule has 0 saturated heterocycles. The fraction of sp³-hybridized carbons (Fsp3) is 0.478. The number of ether oxygens (including phenoxy) is 1. The average Bonchev–Trinajstić information content (AvgIpc) is 3.19. The van der Waals surface area contributed by atoms with Crippen LogP contribution >= 0.6 is 0 Å². The van der Waals surface area contributed by atoms with Crippen molar-refractivity contribution in [2.75, 3.05) is 20.7 Å². The van der Waals surface area contributed by atoms with E-state index in [0.717, 1.165) is 12.0 Å². The van der Waals surface area contributed by atoms with E-state index in [9.17, 15) is 14.4 Å². The first-order valence-corrected chi connectivity index (χ1v) is 10.7. The summed E-state index contributed by atoms with van der Waals surface area (Å²) in [5.41, 5.74) is 0.199. The van der Waals surface area contributed by atoms with Crippen LogP contribution in [0.1, 0.15) is 53.7 Å². The first-order valence-electron chi connectivity index (χ1n) is 10.7. The van der Waals surface area contributed by atoms with Gasteiger partial charge in [0.15, 0.2) is 5.69 Å². The van der Waals surface area contributed by atoms with Gasteiger partial charge in [-0.15, -0.1) is 0 Å². The monoisotopic (exact) mass is 441 g/mol. The molecule has 3 rings (SSSR count). The van der Waals surface area contributed by atoms with Crippen molar-refractivity contribution in [3.05, 3.63) is 47.3 Å². The molecule has 2 aromatic rings. The molecule has 1 aromatic carbocycles. The molecular weight excluding hydrogens is 410 g/mol. The zero-order chi connectivity index (χ0) is 23.5. The van der Waals surface area contributed by atoms with E-state index in [1.807, 2.05) is 24.3 Å². The minimum absolute atomic E-state index is 0.133. The highest BCUT2D eigenvalue weighted by Crippen LogP contribution is 2.26. The quantitative estimate of drug-likeness (QED) is 0.650. The third-order valence-corrected chi connectivity index (χ3v) is 5.82. The van der Waals surface area contributed by atoms with Gasteiger partial charge in [-0.05, 0) is 37.0 Å². The van der Waals surface area contributed by atoms with Crippen LogP contribution in [0.2, 0.25) is 0 Å². The second kappa shape index (κ2) is 9.42. The maximum Gasteiger partial charge on any atom is 0.272 e. The molecule has 1 aromatic heterocycles. The summed E-state index contributed by atoms with van der Waals surface area (Å²) in [4.78, 5) is 39.9. The number of carbonyl (C=O) groups excluding carboxylic acids is 3. The molecule has 0 unspecified atom stereocenters. The summed E-state index contributed by atoms with van der Waals surface area (Å²) in [7, 11) is 3.18. The van der Waals surface area contributed by atoms with Crippen molar-refractivity contribution in [3.63, 3.8) is 0 Å². The number of hydrogen-bond donors (Lipinski definition) is 2. The lowest BCUT2D eigenvalue weighted by molar-refractivity contribution is -0.132. The summed E-state index contributed by atoms with van der Waals surface area (Å²) in [6.07, 6.45) is 0.851. The molecule has 0 bridgehead atoms. The Bertz CT molecular complexity index is 1020. The van der Waals surface area contributed by atoms with Gasteiger partial charge in [-0.2, -0.15) is 5.10 Å². The number of fused-ring (bicyclic) bond motifs is 1. The van der Waals surface area contributed by atoms with Crippen molar-refractivity contribution >= 4 is 17.7 Å². The summed E-state index contributed by atoms with van der Waals surface area (Å²) in [6.45, 7) is 6.88. The van der Waals surface area contributed by atoms with E-state index in [4.69, 9.17) is 4.74 Å². The second-order valence-electron chi connectivity index (χ2n) is 8.68. The molecule has 1 aliphatic rings. The SMILES string of the molecule is COc1cccc(CNC(=O)c2cc3n(n2)C[C@](C)(C(=O)NCCC(C)C)N(C)C3=O)c1. The van der Waals surface area contributed by atoms with E-state index < -0.39 is 11.4 Å². The van der Waals surface area contributed by atoms with Crippen LogP contribution in [0.4, 0.5) is 0 Å². The van der Waals surface area contributed by atoms with Gasteiger partial charge in [0.25, 0.3) is 11.8 Å². The van der Waals surface area contributed by atoms with Gasteiger partial charge in [0, 0.05) is 26.2 Å². The van der Waals surface area contributed by atoms with Gasteiger partial charge in [0.1, 0.15) is 17.0 Å². The summed E-state index contributed by atoms with van der Waals surface area (Å²) in [6, 6.07) is 8.85. The van der Waals surface area contributed by atoms with Crippen molar-refractivity contribution in [1.29, 1.82) is 0 Å². The Morgan fingerprint density at radius 2 is 2.00 bits per heavy atom. The zero-order valence-electron chi connectivity index (χ0n) is 19.3. The average molecular weight is 442 g/mol. The highest BCUT2D eigenvalue weighted by molar-refractivity contribution is 6.01. The maximum atomic E-state index is 12.9. The van der Waals surface area contributed by atoms with Crippen LogP contribution in [0.3, 0.4) is 0 Å². The van der Waals surface area contributed by atoms with Crippen molar-refractivity contribution < 1.29 is 19.1 Å². The van der Waals surface area contributed by atoms with E-state index >= 15 is 0 Å². The van der Waals surface area contributed by atoms with Crippen molar-refractivity contribution in [1.82, 2.24) is 25.3 Å². The van der Waals surface area contributed by atoms with Crippen molar-refractivity contribution in [2.45, 2.75) is 45.8 Å². The number of hydrogen-bond acceptors (Lipinski definition) is 5. The van der Waals surface area contributed by atoms with Crippen LogP contribution in [0, 0.1) is 5.92 Å². The molecule has 0 radical (unpaired) electrons. The lowest BCUT2D eigenvalue weighted by Gasteiger charge is -2.40. The number of methoxy groups -OCH3 is 1. The molecule has 9 nitrogen and oxygen atoms in total. The first kappa shape index (κ1) is 23.3. The van der Waals surface area contributed by atoms with E-state index in [2.05, 4.69) is 29.6 Å². The molecule has 9 heteroatoms. The highest BCUT2D eigenvalue weighted by atomic mass is 16.5. The predicted octanol–water partition coefficient (Wildman–Crippen LogP) is 1.83. The standard InChI is InChI=1S/C23H31N5O4/c1-15(2)9-10-24-22(31)23(3)14-28-19(21(30)27(23)4)12-18(26-28)20(29)25-13-16-7-6-8-17(11-16)32-5/h6-8,11-12,15H,9-10,13-14H2,1-5H3,(H,24,31)(H,25,29)/t23-/m1/s1. The Morgan fingerprint density at radius 1 is 1.25 bits per heavy atom. The molecule has 0 aliphatic carbocycles. The van der Waals surface area contributed by atoms with Gasteiger partial charge < -0.3 is 20.3 Å². The molecule has 1 aliphatic heterocycles. The Labute approximate surface area is 188 Å². The molecular formula is C23H31N5O4. The number of aromatic nitrogens is 2. The van der Waals surface area contributed by atoms with Gasteiger partial charge >= 0.3 is 0 Å². The van der Waals surface area contributed by atoms with E-state index in [1.165, 1.54) is 15.6 Å².